The van der Waals surface area contributed by atoms with Crippen molar-refractivity contribution in [3.8, 4) is 0 Å². The van der Waals surface area contributed by atoms with Crippen molar-refractivity contribution in [3.63, 3.8) is 0 Å². The van der Waals surface area contributed by atoms with E-state index in [1.54, 1.807) is 11.3 Å². The normalized spacial score (nSPS) is 20.4. The first-order chi connectivity index (χ1) is 9.19. The number of aromatic nitrogens is 1. The second-order valence-electron chi connectivity index (χ2n) is 5.36. The van der Waals surface area contributed by atoms with Crippen molar-refractivity contribution < 1.29 is 4.79 Å². The lowest BCUT2D eigenvalue weighted by molar-refractivity contribution is 0.0932. The quantitative estimate of drug-likeness (QED) is 0.899. The topological polar surface area (TPSA) is 45.2 Å². The van der Waals surface area contributed by atoms with E-state index in [2.05, 4.69) is 29.2 Å². The van der Waals surface area contributed by atoms with Crippen molar-refractivity contribution in [1.29, 1.82) is 0 Å². The smallest absolute Gasteiger partial charge is 0.270 e. The maximum absolute atomic E-state index is 12.0. The molecule has 19 heavy (non-hydrogen) atoms. The summed E-state index contributed by atoms with van der Waals surface area (Å²) in [6.45, 7) is 5.15. The van der Waals surface area contributed by atoms with Crippen molar-refractivity contribution in [2.75, 3.05) is 26.7 Å². The number of nitrogens with zero attached hydrogens (tertiary/aromatic N) is 2. The highest BCUT2D eigenvalue weighted by Crippen LogP contribution is 2.15. The Labute approximate surface area is 119 Å². The third-order valence-electron chi connectivity index (χ3n) is 3.52. The highest BCUT2D eigenvalue weighted by atomic mass is 32.1. The van der Waals surface area contributed by atoms with Crippen LogP contribution < -0.4 is 5.32 Å². The second kappa shape index (κ2) is 7.01. The first-order valence-electron chi connectivity index (χ1n) is 7.10. The Morgan fingerprint density at radius 3 is 3.21 bits per heavy atom. The van der Waals surface area contributed by atoms with E-state index in [1.807, 2.05) is 5.38 Å². The number of hydrogen-bond acceptors (Lipinski definition) is 4. The zero-order chi connectivity index (χ0) is 13.7. The van der Waals surface area contributed by atoms with Crippen LogP contribution in [-0.2, 0) is 6.42 Å². The standard InChI is InChI=1S/C14H23N3OS/c1-3-5-13-16-12(10-19-13)14(18)15-8-11-6-4-7-17(2)9-11/h10-11H,3-9H2,1-2H3,(H,15,18)/t11-/m1/s1. The van der Waals surface area contributed by atoms with E-state index in [9.17, 15) is 4.79 Å². The summed E-state index contributed by atoms with van der Waals surface area (Å²) in [7, 11) is 2.14. The van der Waals surface area contributed by atoms with Crippen LogP contribution in [0.1, 0.15) is 41.7 Å². The summed E-state index contributed by atoms with van der Waals surface area (Å²) in [5.41, 5.74) is 0.581. The summed E-state index contributed by atoms with van der Waals surface area (Å²) in [4.78, 5) is 18.7. The van der Waals surface area contributed by atoms with Crippen LogP contribution in [0.25, 0.3) is 0 Å². The Bertz CT molecular complexity index is 419. The van der Waals surface area contributed by atoms with E-state index >= 15 is 0 Å². The Hall–Kier alpha value is -0.940. The summed E-state index contributed by atoms with van der Waals surface area (Å²) in [6, 6.07) is 0. The molecule has 1 saturated heterocycles. The van der Waals surface area contributed by atoms with Crippen LogP contribution in [0.4, 0.5) is 0 Å². The van der Waals surface area contributed by atoms with Gasteiger partial charge in [0.25, 0.3) is 5.91 Å². The second-order valence-corrected chi connectivity index (χ2v) is 6.30. The summed E-state index contributed by atoms with van der Waals surface area (Å²) >= 11 is 1.58. The Balaban J connectivity index is 1.79. The molecule has 0 bridgehead atoms. The van der Waals surface area contributed by atoms with Crippen LogP contribution in [0.3, 0.4) is 0 Å². The number of carbonyl (C=O) groups excluding carboxylic acids is 1. The summed E-state index contributed by atoms with van der Waals surface area (Å²) in [5.74, 6) is 0.559. The molecule has 1 N–H and O–H groups in total. The van der Waals surface area contributed by atoms with Gasteiger partial charge < -0.3 is 10.2 Å². The number of carbonyl (C=O) groups is 1. The van der Waals surface area contributed by atoms with Gasteiger partial charge in [-0.3, -0.25) is 4.79 Å². The van der Waals surface area contributed by atoms with Crippen LogP contribution in [0.15, 0.2) is 5.38 Å². The van der Waals surface area contributed by atoms with Gasteiger partial charge >= 0.3 is 0 Å². The van der Waals surface area contributed by atoms with Crippen molar-refractivity contribution in [3.05, 3.63) is 16.1 Å². The van der Waals surface area contributed by atoms with Gasteiger partial charge in [-0.2, -0.15) is 0 Å². The minimum Gasteiger partial charge on any atom is -0.350 e. The lowest BCUT2D eigenvalue weighted by atomic mass is 9.98. The van der Waals surface area contributed by atoms with Gasteiger partial charge in [0, 0.05) is 18.5 Å². The van der Waals surface area contributed by atoms with E-state index in [1.165, 1.54) is 19.4 Å². The van der Waals surface area contributed by atoms with E-state index in [4.69, 9.17) is 0 Å². The highest BCUT2D eigenvalue weighted by Gasteiger charge is 2.18. The molecule has 0 unspecified atom stereocenters. The Morgan fingerprint density at radius 2 is 2.47 bits per heavy atom. The third kappa shape index (κ3) is 4.28. The largest absolute Gasteiger partial charge is 0.350 e. The molecule has 0 spiro atoms. The molecule has 0 aliphatic carbocycles. The maximum atomic E-state index is 12.0. The molecular weight excluding hydrogens is 258 g/mol. The number of piperidine rings is 1. The van der Waals surface area contributed by atoms with Crippen LogP contribution in [0, 0.1) is 5.92 Å². The van der Waals surface area contributed by atoms with Crippen LogP contribution in [0.2, 0.25) is 0 Å². The zero-order valence-corrected chi connectivity index (χ0v) is 12.6. The van der Waals surface area contributed by atoms with Gasteiger partial charge in [0.15, 0.2) is 0 Å². The molecule has 1 aromatic heterocycles. The van der Waals surface area contributed by atoms with E-state index in [-0.39, 0.29) is 5.91 Å². The molecule has 1 aromatic rings. The molecule has 106 valence electrons. The van der Waals surface area contributed by atoms with Gasteiger partial charge in [-0.1, -0.05) is 6.92 Å². The fraction of sp³-hybridized carbons (Fsp3) is 0.714. The fourth-order valence-electron chi connectivity index (χ4n) is 2.51. The van der Waals surface area contributed by atoms with Gasteiger partial charge in [-0.15, -0.1) is 11.3 Å². The monoisotopic (exact) mass is 281 g/mol. The molecule has 4 nitrogen and oxygen atoms in total. The van der Waals surface area contributed by atoms with Gasteiger partial charge in [0.1, 0.15) is 5.69 Å². The maximum Gasteiger partial charge on any atom is 0.270 e. The molecule has 0 saturated carbocycles. The molecule has 1 fully saturated rings. The van der Waals surface area contributed by atoms with Crippen molar-refractivity contribution >= 4 is 17.2 Å². The van der Waals surface area contributed by atoms with Gasteiger partial charge in [0.05, 0.1) is 5.01 Å². The molecule has 1 atom stereocenters. The lowest BCUT2D eigenvalue weighted by Gasteiger charge is -2.29. The lowest BCUT2D eigenvalue weighted by Crippen LogP contribution is -2.39. The summed E-state index contributed by atoms with van der Waals surface area (Å²) in [6.07, 6.45) is 4.48. The summed E-state index contributed by atoms with van der Waals surface area (Å²) in [5, 5.41) is 5.95. The first kappa shape index (κ1) is 14.5. The molecule has 0 aromatic carbocycles. The summed E-state index contributed by atoms with van der Waals surface area (Å²) < 4.78 is 0. The Morgan fingerprint density at radius 1 is 1.63 bits per heavy atom. The number of nitrogens with one attached hydrogen (secondary N) is 1. The minimum atomic E-state index is -0.0215. The average molecular weight is 281 g/mol. The number of amides is 1. The van der Waals surface area contributed by atoms with Gasteiger partial charge in [0.2, 0.25) is 0 Å². The van der Waals surface area contributed by atoms with Crippen LogP contribution in [0.5, 0.6) is 0 Å². The SMILES string of the molecule is CCCc1nc(C(=O)NC[C@H]2CCCN(C)C2)cs1. The molecule has 0 radical (unpaired) electrons. The molecule has 1 aliphatic heterocycles. The van der Waals surface area contributed by atoms with Crippen LogP contribution in [-0.4, -0.2) is 42.5 Å². The minimum absolute atomic E-state index is 0.0215. The van der Waals surface area contributed by atoms with Crippen LogP contribution >= 0.6 is 11.3 Å². The van der Waals surface area contributed by atoms with Gasteiger partial charge in [-0.25, -0.2) is 4.98 Å². The van der Waals surface area contributed by atoms with Crippen molar-refractivity contribution in [2.45, 2.75) is 32.6 Å². The number of thiazole rings is 1. The average Bonchev–Trinajstić information content (AvgIpc) is 2.85. The van der Waals surface area contributed by atoms with E-state index < -0.39 is 0 Å². The predicted molar refractivity (Wildman–Crippen MR) is 78.7 cm³/mol. The molecular formula is C14H23N3OS. The van der Waals surface area contributed by atoms with Crippen molar-refractivity contribution in [2.24, 2.45) is 5.92 Å². The fourth-order valence-corrected chi connectivity index (χ4v) is 3.39. The highest BCUT2D eigenvalue weighted by molar-refractivity contribution is 7.09. The number of hydrogen-bond donors (Lipinski definition) is 1. The third-order valence-corrected chi connectivity index (χ3v) is 4.43. The van der Waals surface area contributed by atoms with E-state index in [0.29, 0.717) is 11.6 Å². The van der Waals surface area contributed by atoms with Gasteiger partial charge in [-0.05, 0) is 45.2 Å². The Kier molecular flexibility index (Phi) is 5.34. The molecule has 2 heterocycles. The number of likely N-dealkylation sites (tertiary alicyclic amines) is 1. The van der Waals surface area contributed by atoms with E-state index in [0.717, 1.165) is 30.9 Å². The molecule has 1 aliphatic rings. The number of aryl methyl sites for hydroxylation is 1. The molecule has 5 heteroatoms. The predicted octanol–water partition coefficient (Wildman–Crippen LogP) is 2.17. The molecule has 1 amide bonds. The molecule has 2 rings (SSSR count). The first-order valence-corrected chi connectivity index (χ1v) is 7.98. The number of rotatable bonds is 5. The zero-order valence-electron chi connectivity index (χ0n) is 11.8. The van der Waals surface area contributed by atoms with Crippen molar-refractivity contribution in [1.82, 2.24) is 15.2 Å².